The fourth-order valence-corrected chi connectivity index (χ4v) is 2.79. The van der Waals surface area contributed by atoms with E-state index in [1.54, 1.807) is 50.0 Å². The Morgan fingerprint density at radius 3 is 2.46 bits per heavy atom. The molecule has 1 atom stereocenters. The van der Waals surface area contributed by atoms with Gasteiger partial charge in [0.15, 0.2) is 0 Å². The third-order valence-corrected chi connectivity index (χ3v) is 4.14. The summed E-state index contributed by atoms with van der Waals surface area (Å²) in [5.41, 5.74) is 2.91. The molecule has 132 valence electrons. The zero-order chi connectivity index (χ0) is 18.7. The van der Waals surface area contributed by atoms with Crippen molar-refractivity contribution in [2.75, 3.05) is 0 Å². The summed E-state index contributed by atoms with van der Waals surface area (Å²) < 4.78 is 6.97. The van der Waals surface area contributed by atoms with E-state index in [1.807, 2.05) is 30.3 Å². The second kappa shape index (κ2) is 7.31. The fourth-order valence-electron chi connectivity index (χ4n) is 2.79. The van der Waals surface area contributed by atoms with Gasteiger partial charge in [-0.2, -0.15) is 5.10 Å². The van der Waals surface area contributed by atoms with Crippen molar-refractivity contribution in [1.82, 2.24) is 14.8 Å². The first-order valence-corrected chi connectivity index (χ1v) is 8.26. The number of carbonyl (C=O) groups is 2. The lowest BCUT2D eigenvalue weighted by Crippen LogP contribution is -2.20. The molecule has 1 aromatic carbocycles. The van der Waals surface area contributed by atoms with Crippen LogP contribution in [0.25, 0.3) is 5.69 Å². The number of esters is 1. The Balaban J connectivity index is 1.84. The monoisotopic (exact) mass is 349 g/mol. The Morgan fingerprint density at radius 1 is 1.08 bits per heavy atom. The lowest BCUT2D eigenvalue weighted by Gasteiger charge is -2.12. The number of nitrogens with zero attached hydrogens (tertiary/aromatic N) is 3. The number of ether oxygens (including phenoxy) is 1. The Morgan fingerprint density at radius 2 is 1.81 bits per heavy atom. The molecule has 0 N–H and O–H groups in total. The van der Waals surface area contributed by atoms with E-state index < -0.39 is 17.9 Å². The van der Waals surface area contributed by atoms with Crippen LogP contribution in [0.4, 0.5) is 0 Å². The van der Waals surface area contributed by atoms with Gasteiger partial charge >= 0.3 is 5.97 Å². The molecule has 6 heteroatoms. The number of para-hydroxylation sites is 1. The van der Waals surface area contributed by atoms with Crippen molar-refractivity contribution in [3.63, 3.8) is 0 Å². The van der Waals surface area contributed by atoms with Gasteiger partial charge in [0.1, 0.15) is 6.10 Å². The van der Waals surface area contributed by atoms with Crippen molar-refractivity contribution < 1.29 is 14.3 Å². The molecule has 0 aliphatic carbocycles. The van der Waals surface area contributed by atoms with E-state index in [2.05, 4.69) is 10.1 Å². The van der Waals surface area contributed by atoms with Crippen LogP contribution >= 0.6 is 0 Å². The molecule has 0 radical (unpaired) electrons. The van der Waals surface area contributed by atoms with Crippen molar-refractivity contribution in [2.24, 2.45) is 0 Å². The number of Topliss-reactive ketones (excluding diaryl/α,β-unsaturated/α-hetero) is 1. The van der Waals surface area contributed by atoms with Crippen molar-refractivity contribution in [1.29, 1.82) is 0 Å². The third-order valence-electron chi connectivity index (χ3n) is 4.14. The molecule has 0 amide bonds. The Kier molecular flexibility index (Phi) is 4.93. The zero-order valence-electron chi connectivity index (χ0n) is 14.8. The second-order valence-corrected chi connectivity index (χ2v) is 5.96. The summed E-state index contributed by atoms with van der Waals surface area (Å²) >= 11 is 0. The van der Waals surface area contributed by atoms with Gasteiger partial charge in [-0.05, 0) is 39.0 Å². The summed E-state index contributed by atoms with van der Waals surface area (Å²) in [7, 11) is 0. The van der Waals surface area contributed by atoms with E-state index >= 15 is 0 Å². The van der Waals surface area contributed by atoms with E-state index in [0.29, 0.717) is 11.4 Å². The van der Waals surface area contributed by atoms with Gasteiger partial charge < -0.3 is 4.74 Å². The number of aromatic nitrogens is 3. The van der Waals surface area contributed by atoms with Gasteiger partial charge in [-0.25, -0.2) is 9.48 Å². The van der Waals surface area contributed by atoms with Gasteiger partial charge in [-0.15, -0.1) is 0 Å². The number of hydrogen-bond acceptors (Lipinski definition) is 5. The normalized spacial score (nSPS) is 11.8. The maximum Gasteiger partial charge on any atom is 0.380 e. The van der Waals surface area contributed by atoms with E-state index in [9.17, 15) is 9.59 Å². The van der Waals surface area contributed by atoms with Gasteiger partial charge in [0, 0.05) is 18.0 Å². The van der Waals surface area contributed by atoms with Gasteiger partial charge in [0.2, 0.25) is 0 Å². The molecule has 0 spiro atoms. The van der Waals surface area contributed by atoms with Crippen LogP contribution in [0.5, 0.6) is 0 Å². The van der Waals surface area contributed by atoms with Gasteiger partial charge in [-0.3, -0.25) is 9.78 Å². The first-order chi connectivity index (χ1) is 12.5. The highest BCUT2D eigenvalue weighted by Gasteiger charge is 2.27. The molecule has 0 saturated heterocycles. The Hall–Kier alpha value is -3.28. The highest BCUT2D eigenvalue weighted by atomic mass is 16.5. The molecule has 6 nitrogen and oxygen atoms in total. The van der Waals surface area contributed by atoms with Crippen LogP contribution in [0, 0.1) is 13.8 Å². The largest absolute Gasteiger partial charge is 0.452 e. The van der Waals surface area contributed by atoms with Crippen molar-refractivity contribution >= 4 is 11.8 Å². The Labute approximate surface area is 151 Å². The van der Waals surface area contributed by atoms with E-state index in [1.165, 1.54) is 0 Å². The van der Waals surface area contributed by atoms with Crippen molar-refractivity contribution in [2.45, 2.75) is 26.9 Å². The van der Waals surface area contributed by atoms with Crippen molar-refractivity contribution in [3.8, 4) is 5.69 Å². The van der Waals surface area contributed by atoms with Crippen LogP contribution in [0.1, 0.15) is 40.3 Å². The molecule has 0 fully saturated rings. The maximum absolute atomic E-state index is 12.7. The SMILES string of the molecule is Cc1nn(-c2ccccc2)c(C)c1C(=O)C(=O)OC(C)c1cccnc1. The molecule has 0 aliphatic rings. The standard InChI is InChI=1S/C20H19N3O3/c1-13-18(14(2)23(22-13)17-9-5-4-6-10-17)19(24)20(25)26-15(3)16-8-7-11-21-12-16/h4-12,15H,1-3H3. The van der Waals surface area contributed by atoms with Gasteiger partial charge in [0.05, 0.1) is 22.6 Å². The zero-order valence-corrected chi connectivity index (χ0v) is 14.8. The van der Waals surface area contributed by atoms with Crippen LogP contribution in [0.15, 0.2) is 54.9 Å². The fraction of sp³-hybridized carbons (Fsp3) is 0.200. The number of benzene rings is 1. The van der Waals surface area contributed by atoms with E-state index in [4.69, 9.17) is 4.74 Å². The maximum atomic E-state index is 12.7. The van der Waals surface area contributed by atoms with E-state index in [-0.39, 0.29) is 5.56 Å². The minimum absolute atomic E-state index is 0.275. The third kappa shape index (κ3) is 3.39. The average Bonchev–Trinajstić information content (AvgIpc) is 2.96. The van der Waals surface area contributed by atoms with Gasteiger partial charge in [0.25, 0.3) is 5.78 Å². The molecular weight excluding hydrogens is 330 g/mol. The minimum atomic E-state index is -0.903. The quantitative estimate of drug-likeness (QED) is 0.401. The molecule has 3 aromatic rings. The number of rotatable bonds is 5. The Bertz CT molecular complexity index is 934. The summed E-state index contributed by atoms with van der Waals surface area (Å²) in [6.07, 6.45) is 2.67. The first kappa shape index (κ1) is 17.5. The molecule has 0 bridgehead atoms. The van der Waals surface area contributed by atoms with Crippen LogP contribution in [0.3, 0.4) is 0 Å². The average molecular weight is 349 g/mol. The van der Waals surface area contributed by atoms with Gasteiger partial charge in [-0.1, -0.05) is 24.3 Å². The molecule has 1 unspecified atom stereocenters. The molecule has 0 aliphatic heterocycles. The minimum Gasteiger partial charge on any atom is -0.452 e. The lowest BCUT2D eigenvalue weighted by molar-refractivity contribution is -0.142. The predicted molar refractivity (Wildman–Crippen MR) is 96.1 cm³/mol. The number of carbonyl (C=O) groups excluding carboxylic acids is 2. The molecule has 2 aromatic heterocycles. The summed E-state index contributed by atoms with van der Waals surface area (Å²) in [6.45, 7) is 5.17. The number of ketones is 1. The number of hydrogen-bond donors (Lipinski definition) is 0. The highest BCUT2D eigenvalue weighted by Crippen LogP contribution is 2.21. The predicted octanol–water partition coefficient (Wildman–Crippen LogP) is 3.37. The van der Waals surface area contributed by atoms with Crippen LogP contribution in [-0.4, -0.2) is 26.5 Å². The molecule has 2 heterocycles. The van der Waals surface area contributed by atoms with Crippen LogP contribution < -0.4 is 0 Å². The van der Waals surface area contributed by atoms with Crippen molar-refractivity contribution in [3.05, 3.63) is 77.4 Å². The molecule has 3 rings (SSSR count). The summed E-state index contributed by atoms with van der Waals surface area (Å²) in [5.74, 6) is -1.60. The topological polar surface area (TPSA) is 74.1 Å². The van der Waals surface area contributed by atoms with Crippen LogP contribution in [-0.2, 0) is 9.53 Å². The molecule has 26 heavy (non-hydrogen) atoms. The highest BCUT2D eigenvalue weighted by molar-refractivity contribution is 6.41. The number of pyridine rings is 1. The molecular formula is C20H19N3O3. The lowest BCUT2D eigenvalue weighted by atomic mass is 10.1. The first-order valence-electron chi connectivity index (χ1n) is 8.26. The number of aryl methyl sites for hydroxylation is 1. The van der Waals surface area contributed by atoms with E-state index in [0.717, 1.165) is 11.3 Å². The van der Waals surface area contributed by atoms with Crippen LogP contribution in [0.2, 0.25) is 0 Å². The summed E-state index contributed by atoms with van der Waals surface area (Å²) in [5, 5.41) is 4.40. The smallest absolute Gasteiger partial charge is 0.380 e. The second-order valence-electron chi connectivity index (χ2n) is 5.96. The summed E-state index contributed by atoms with van der Waals surface area (Å²) in [6, 6.07) is 13.0. The molecule has 0 saturated carbocycles. The summed E-state index contributed by atoms with van der Waals surface area (Å²) in [4.78, 5) is 29.0.